The monoisotopic (exact) mass is 563 g/mol. The third-order valence-corrected chi connectivity index (χ3v) is 7.07. The lowest BCUT2D eigenvalue weighted by Gasteiger charge is -2.44. The fourth-order valence-corrected chi connectivity index (χ4v) is 5.48. The first-order valence-corrected chi connectivity index (χ1v) is 12.1. The van der Waals surface area contributed by atoms with Gasteiger partial charge in [0, 0.05) is 47.8 Å². The molecule has 8 heteroatoms. The van der Waals surface area contributed by atoms with E-state index in [0.717, 1.165) is 33.0 Å². The van der Waals surface area contributed by atoms with E-state index in [4.69, 9.17) is 4.74 Å². The number of rotatable bonds is 5. The lowest BCUT2D eigenvalue weighted by atomic mass is 10.1. The molecule has 0 unspecified atom stereocenters. The number of hydrogen-bond donors (Lipinski definition) is 0. The van der Waals surface area contributed by atoms with E-state index in [0.29, 0.717) is 17.8 Å². The van der Waals surface area contributed by atoms with E-state index >= 15 is 0 Å². The van der Waals surface area contributed by atoms with E-state index in [2.05, 4.69) is 48.7 Å². The number of amides is 1. The molecule has 4 rings (SSSR count). The molecule has 1 amide bonds. The van der Waals surface area contributed by atoms with E-state index in [1.807, 2.05) is 42.2 Å². The van der Waals surface area contributed by atoms with Gasteiger partial charge in [0.15, 0.2) is 12.4 Å². The number of nitrogens with zero attached hydrogens (tertiary/aromatic N) is 3. The summed E-state index contributed by atoms with van der Waals surface area (Å²) in [6.07, 6.45) is 1.71. The lowest BCUT2D eigenvalue weighted by molar-refractivity contribution is -0.139. The smallest absolute Gasteiger partial charge is 0.260 e. The number of carbonyl (C=O) groups is 1. The second-order valence-corrected chi connectivity index (χ2v) is 9.87. The number of halogens is 3. The van der Waals surface area contributed by atoms with Crippen LogP contribution in [0.3, 0.4) is 0 Å². The maximum atomic E-state index is 13.2. The van der Waals surface area contributed by atoms with Gasteiger partial charge in [-0.3, -0.25) is 14.7 Å². The van der Waals surface area contributed by atoms with Crippen LogP contribution in [0.25, 0.3) is 10.9 Å². The van der Waals surface area contributed by atoms with Gasteiger partial charge < -0.3 is 9.64 Å². The van der Waals surface area contributed by atoms with Crippen LogP contribution in [0.1, 0.15) is 19.4 Å². The van der Waals surface area contributed by atoms with Gasteiger partial charge in [-0.25, -0.2) is 4.39 Å². The molecule has 0 radical (unpaired) electrons. The highest BCUT2D eigenvalue weighted by molar-refractivity contribution is 9.11. The molecule has 168 valence electrons. The highest BCUT2D eigenvalue weighted by Gasteiger charge is 2.32. The van der Waals surface area contributed by atoms with Crippen molar-refractivity contribution in [3.63, 3.8) is 0 Å². The van der Waals surface area contributed by atoms with Gasteiger partial charge in [-0.05, 0) is 59.6 Å². The number of piperazine rings is 1. The summed E-state index contributed by atoms with van der Waals surface area (Å²) in [6.45, 7) is 6.20. The lowest BCUT2D eigenvalue weighted by Crippen LogP contribution is -2.58. The van der Waals surface area contributed by atoms with Gasteiger partial charge in [-0.15, -0.1) is 0 Å². The first-order chi connectivity index (χ1) is 15.3. The van der Waals surface area contributed by atoms with Crippen LogP contribution in [0.5, 0.6) is 5.75 Å². The molecule has 0 bridgehead atoms. The van der Waals surface area contributed by atoms with Crippen molar-refractivity contribution in [2.24, 2.45) is 0 Å². The Morgan fingerprint density at radius 1 is 1.12 bits per heavy atom. The summed E-state index contributed by atoms with van der Waals surface area (Å²) in [5, 5.41) is 0.926. The topological polar surface area (TPSA) is 45.7 Å². The summed E-state index contributed by atoms with van der Waals surface area (Å²) in [7, 11) is 0. The van der Waals surface area contributed by atoms with E-state index < -0.39 is 0 Å². The molecule has 2 atom stereocenters. The van der Waals surface area contributed by atoms with Crippen molar-refractivity contribution >= 4 is 48.7 Å². The first kappa shape index (κ1) is 23.1. The fourth-order valence-electron chi connectivity index (χ4n) is 4.09. The zero-order valence-corrected chi connectivity index (χ0v) is 21.1. The number of aromatic nitrogens is 1. The Labute approximate surface area is 203 Å². The van der Waals surface area contributed by atoms with E-state index in [9.17, 15) is 9.18 Å². The fraction of sp³-hybridized carbons (Fsp3) is 0.333. The van der Waals surface area contributed by atoms with Gasteiger partial charge in [-0.2, -0.15) is 0 Å². The molecule has 1 aromatic heterocycles. The molecule has 1 saturated heterocycles. The Hall–Kier alpha value is -2.03. The predicted octanol–water partition coefficient (Wildman–Crippen LogP) is 5.40. The second-order valence-electron chi connectivity index (χ2n) is 8.16. The van der Waals surface area contributed by atoms with Crippen LogP contribution in [0.4, 0.5) is 4.39 Å². The molecule has 3 aromatic rings. The van der Waals surface area contributed by atoms with Gasteiger partial charge in [0.05, 0.1) is 4.47 Å². The zero-order valence-electron chi connectivity index (χ0n) is 17.9. The molecule has 0 N–H and O–H groups in total. The summed E-state index contributed by atoms with van der Waals surface area (Å²) in [4.78, 5) is 21.7. The average Bonchev–Trinajstić information content (AvgIpc) is 2.77. The van der Waals surface area contributed by atoms with E-state index in [1.54, 1.807) is 6.20 Å². The number of fused-ring (bicyclic) bond motifs is 1. The van der Waals surface area contributed by atoms with Crippen LogP contribution in [-0.2, 0) is 11.3 Å². The number of benzene rings is 2. The molecule has 2 aromatic carbocycles. The predicted molar refractivity (Wildman–Crippen MR) is 130 cm³/mol. The number of hydrogen-bond acceptors (Lipinski definition) is 4. The van der Waals surface area contributed by atoms with E-state index in [-0.39, 0.29) is 30.4 Å². The van der Waals surface area contributed by atoms with Crippen molar-refractivity contribution in [2.45, 2.75) is 32.5 Å². The Balaban J connectivity index is 1.41. The summed E-state index contributed by atoms with van der Waals surface area (Å²) < 4.78 is 20.8. The summed E-state index contributed by atoms with van der Waals surface area (Å²) >= 11 is 7.08. The summed E-state index contributed by atoms with van der Waals surface area (Å²) in [5.41, 5.74) is 1.76. The van der Waals surface area contributed by atoms with Crippen molar-refractivity contribution in [3.8, 4) is 5.75 Å². The highest BCUT2D eigenvalue weighted by atomic mass is 79.9. The van der Waals surface area contributed by atoms with Crippen LogP contribution < -0.4 is 4.74 Å². The molecular formula is C24H24Br2FN3O2. The standard InChI is InChI=1S/C24H24Br2FN3O2/c1-15-12-30(16(2)11-29(15)13-17-5-7-18(27)8-6-17)22(31)14-32-24-21(26)10-20(25)19-4-3-9-28-23(19)24/h3-10,15-16H,11-14H2,1-2H3/t15-,16+/m1/s1. The maximum Gasteiger partial charge on any atom is 0.260 e. The Morgan fingerprint density at radius 2 is 1.88 bits per heavy atom. The normalized spacial score (nSPS) is 19.3. The molecule has 1 aliphatic rings. The van der Waals surface area contributed by atoms with Crippen molar-refractivity contribution in [1.82, 2.24) is 14.8 Å². The second kappa shape index (κ2) is 9.85. The zero-order chi connectivity index (χ0) is 22.8. The highest BCUT2D eigenvalue weighted by Crippen LogP contribution is 2.37. The average molecular weight is 565 g/mol. The third kappa shape index (κ3) is 4.97. The quantitative estimate of drug-likeness (QED) is 0.416. The van der Waals surface area contributed by atoms with Gasteiger partial charge in [-0.1, -0.05) is 34.1 Å². The molecule has 32 heavy (non-hydrogen) atoms. The Kier molecular flexibility index (Phi) is 7.12. The van der Waals surface area contributed by atoms with E-state index in [1.165, 1.54) is 12.1 Å². The van der Waals surface area contributed by atoms with Gasteiger partial charge in [0.25, 0.3) is 5.91 Å². The van der Waals surface area contributed by atoms with Crippen LogP contribution in [0.2, 0.25) is 0 Å². The van der Waals surface area contributed by atoms with Crippen LogP contribution in [-0.4, -0.2) is 52.5 Å². The first-order valence-electron chi connectivity index (χ1n) is 10.5. The Morgan fingerprint density at radius 3 is 2.62 bits per heavy atom. The minimum atomic E-state index is -0.231. The molecule has 0 saturated carbocycles. The number of pyridine rings is 1. The summed E-state index contributed by atoms with van der Waals surface area (Å²) in [5.74, 6) is 0.281. The van der Waals surface area contributed by atoms with Crippen molar-refractivity contribution in [3.05, 3.63) is 69.0 Å². The Bertz CT molecular complexity index is 1130. The molecule has 0 spiro atoms. The molecular weight excluding hydrogens is 541 g/mol. The van der Waals surface area contributed by atoms with Crippen molar-refractivity contribution in [2.75, 3.05) is 19.7 Å². The van der Waals surface area contributed by atoms with Crippen molar-refractivity contribution < 1.29 is 13.9 Å². The minimum Gasteiger partial charge on any atom is -0.480 e. The van der Waals surface area contributed by atoms with Crippen molar-refractivity contribution in [1.29, 1.82) is 0 Å². The minimum absolute atomic E-state index is 0.0472. The maximum absolute atomic E-state index is 13.2. The van der Waals surface area contributed by atoms with Gasteiger partial charge in [0.1, 0.15) is 11.3 Å². The summed E-state index contributed by atoms with van der Waals surface area (Å²) in [6, 6.07) is 12.6. The molecule has 5 nitrogen and oxygen atoms in total. The largest absolute Gasteiger partial charge is 0.480 e. The van der Waals surface area contributed by atoms with Gasteiger partial charge >= 0.3 is 0 Å². The van der Waals surface area contributed by atoms with Crippen LogP contribution in [0.15, 0.2) is 57.6 Å². The number of carbonyl (C=O) groups excluding carboxylic acids is 1. The molecule has 2 heterocycles. The van der Waals surface area contributed by atoms with Crippen LogP contribution in [0, 0.1) is 5.82 Å². The molecule has 1 fully saturated rings. The number of ether oxygens (including phenoxy) is 1. The van der Waals surface area contributed by atoms with Crippen LogP contribution >= 0.6 is 31.9 Å². The van der Waals surface area contributed by atoms with Gasteiger partial charge in [0.2, 0.25) is 0 Å². The SMILES string of the molecule is C[C@@H]1CN(C(=O)COc2c(Br)cc(Br)c3cccnc23)[C@@H](C)CN1Cc1ccc(F)cc1. The molecule has 0 aliphatic carbocycles. The molecule has 1 aliphatic heterocycles. The third-order valence-electron chi connectivity index (χ3n) is 5.82.